The Morgan fingerprint density at radius 2 is 2.39 bits per heavy atom. The van der Waals surface area contributed by atoms with Crippen molar-refractivity contribution in [2.75, 3.05) is 30.4 Å². The molecule has 18 heavy (non-hydrogen) atoms. The van der Waals surface area contributed by atoms with E-state index < -0.39 is 0 Å². The first-order valence-corrected chi connectivity index (χ1v) is 7.89. The fourth-order valence-electron chi connectivity index (χ4n) is 2.13. The van der Waals surface area contributed by atoms with Gasteiger partial charge in [-0.15, -0.1) is 23.7 Å². The molecule has 2 heterocycles. The SMILES string of the molecule is Cl.Nc1ncc(CN(CCO)C2CCCSC2)s1. The Labute approximate surface area is 122 Å². The second-order valence-electron chi connectivity index (χ2n) is 4.23. The summed E-state index contributed by atoms with van der Waals surface area (Å²) >= 11 is 3.56. The third-order valence-corrected chi connectivity index (χ3v) is 4.98. The molecular weight excluding hydrogens is 290 g/mol. The van der Waals surface area contributed by atoms with Crippen LogP contribution < -0.4 is 5.73 Å². The Balaban J connectivity index is 0.00000162. The Morgan fingerprint density at radius 1 is 1.56 bits per heavy atom. The summed E-state index contributed by atoms with van der Waals surface area (Å²) in [5.41, 5.74) is 5.64. The number of nitrogens with zero attached hydrogens (tertiary/aromatic N) is 2. The number of nitrogens with two attached hydrogens (primary N) is 1. The number of rotatable bonds is 5. The van der Waals surface area contributed by atoms with Gasteiger partial charge in [0.15, 0.2) is 5.13 Å². The van der Waals surface area contributed by atoms with Crippen LogP contribution in [0, 0.1) is 0 Å². The predicted molar refractivity (Wildman–Crippen MR) is 81.6 cm³/mol. The Kier molecular flexibility index (Phi) is 7.33. The Bertz CT molecular complexity index is 345. The normalized spacial score (nSPS) is 19.8. The van der Waals surface area contributed by atoms with Gasteiger partial charge in [0.05, 0.1) is 6.61 Å². The smallest absolute Gasteiger partial charge is 0.180 e. The molecule has 1 fully saturated rings. The van der Waals surface area contributed by atoms with Gasteiger partial charge in [0, 0.05) is 36.0 Å². The molecule has 1 aliphatic rings. The molecule has 2 rings (SSSR count). The van der Waals surface area contributed by atoms with Crippen LogP contribution in [0.2, 0.25) is 0 Å². The zero-order valence-corrected chi connectivity index (χ0v) is 12.7. The molecule has 104 valence electrons. The number of aromatic nitrogens is 1. The number of nitrogen functional groups attached to an aromatic ring is 1. The zero-order valence-electron chi connectivity index (χ0n) is 10.2. The average Bonchev–Trinajstić information content (AvgIpc) is 2.75. The highest BCUT2D eigenvalue weighted by atomic mass is 35.5. The molecule has 1 saturated heterocycles. The minimum atomic E-state index is 0. The van der Waals surface area contributed by atoms with Crippen LogP contribution in [0.15, 0.2) is 6.20 Å². The highest BCUT2D eigenvalue weighted by Crippen LogP contribution is 2.24. The van der Waals surface area contributed by atoms with Crippen molar-refractivity contribution in [3.8, 4) is 0 Å². The third kappa shape index (κ3) is 4.59. The van der Waals surface area contributed by atoms with Crippen molar-refractivity contribution < 1.29 is 5.11 Å². The van der Waals surface area contributed by atoms with Crippen LogP contribution in [-0.4, -0.2) is 45.7 Å². The maximum atomic E-state index is 9.17. The quantitative estimate of drug-likeness (QED) is 0.869. The van der Waals surface area contributed by atoms with Crippen molar-refractivity contribution in [3.05, 3.63) is 11.1 Å². The number of thiazole rings is 1. The van der Waals surface area contributed by atoms with E-state index in [9.17, 15) is 0 Å². The van der Waals surface area contributed by atoms with Crippen LogP contribution in [0.5, 0.6) is 0 Å². The fraction of sp³-hybridized carbons (Fsp3) is 0.727. The van der Waals surface area contributed by atoms with E-state index in [0.29, 0.717) is 11.2 Å². The lowest BCUT2D eigenvalue weighted by atomic mass is 10.1. The van der Waals surface area contributed by atoms with Crippen LogP contribution in [0.25, 0.3) is 0 Å². The highest BCUT2D eigenvalue weighted by molar-refractivity contribution is 7.99. The maximum absolute atomic E-state index is 9.17. The van der Waals surface area contributed by atoms with E-state index >= 15 is 0 Å². The second kappa shape index (κ2) is 8.22. The van der Waals surface area contributed by atoms with Gasteiger partial charge in [-0.2, -0.15) is 11.8 Å². The average molecular weight is 310 g/mol. The number of hydrogen-bond acceptors (Lipinski definition) is 6. The van der Waals surface area contributed by atoms with Gasteiger partial charge < -0.3 is 10.8 Å². The molecular formula is C11H20ClN3OS2. The number of aliphatic hydroxyl groups is 1. The van der Waals surface area contributed by atoms with Crippen molar-refractivity contribution >= 4 is 40.6 Å². The third-order valence-electron chi connectivity index (χ3n) is 2.97. The molecule has 1 aromatic rings. The van der Waals surface area contributed by atoms with Crippen LogP contribution in [0.4, 0.5) is 5.13 Å². The van der Waals surface area contributed by atoms with Crippen molar-refractivity contribution in [2.45, 2.75) is 25.4 Å². The summed E-state index contributed by atoms with van der Waals surface area (Å²) in [7, 11) is 0. The van der Waals surface area contributed by atoms with Gasteiger partial charge in [-0.1, -0.05) is 0 Å². The lowest BCUT2D eigenvalue weighted by molar-refractivity contribution is 0.147. The maximum Gasteiger partial charge on any atom is 0.180 e. The number of hydrogen-bond donors (Lipinski definition) is 2. The molecule has 0 amide bonds. The van der Waals surface area contributed by atoms with E-state index in [0.717, 1.165) is 13.1 Å². The summed E-state index contributed by atoms with van der Waals surface area (Å²) in [4.78, 5) is 7.62. The van der Waals surface area contributed by atoms with Crippen LogP contribution in [0.3, 0.4) is 0 Å². The number of anilines is 1. The number of thioether (sulfide) groups is 1. The number of aliphatic hydroxyl groups excluding tert-OH is 1. The standard InChI is InChI=1S/C11H19N3OS2.ClH/c12-11-13-6-10(17-11)7-14(3-4-15)9-2-1-5-16-8-9;/h6,9,15H,1-5,7-8H2,(H2,12,13);1H. The first-order chi connectivity index (χ1) is 8.29. The van der Waals surface area contributed by atoms with Crippen LogP contribution in [-0.2, 0) is 6.54 Å². The van der Waals surface area contributed by atoms with Crippen molar-refractivity contribution in [1.82, 2.24) is 9.88 Å². The van der Waals surface area contributed by atoms with Crippen molar-refractivity contribution in [3.63, 3.8) is 0 Å². The van der Waals surface area contributed by atoms with Crippen LogP contribution in [0.1, 0.15) is 17.7 Å². The van der Waals surface area contributed by atoms with Gasteiger partial charge >= 0.3 is 0 Å². The Hall–Kier alpha value is -0.0100. The monoisotopic (exact) mass is 309 g/mol. The minimum Gasteiger partial charge on any atom is -0.395 e. The molecule has 1 unspecified atom stereocenters. The topological polar surface area (TPSA) is 62.4 Å². The van der Waals surface area contributed by atoms with Gasteiger partial charge in [0.1, 0.15) is 0 Å². The largest absolute Gasteiger partial charge is 0.395 e. The molecule has 4 nitrogen and oxygen atoms in total. The summed E-state index contributed by atoms with van der Waals surface area (Å²) in [6.45, 7) is 1.82. The molecule has 1 aromatic heterocycles. The molecule has 0 aromatic carbocycles. The van der Waals surface area contributed by atoms with Gasteiger partial charge in [0.25, 0.3) is 0 Å². The molecule has 0 spiro atoms. The van der Waals surface area contributed by atoms with Gasteiger partial charge in [-0.3, -0.25) is 4.90 Å². The summed E-state index contributed by atoms with van der Waals surface area (Å²) < 4.78 is 0. The lowest BCUT2D eigenvalue weighted by Gasteiger charge is -2.33. The summed E-state index contributed by atoms with van der Waals surface area (Å²) in [6, 6.07) is 0.587. The van der Waals surface area contributed by atoms with Crippen LogP contribution >= 0.6 is 35.5 Å². The van der Waals surface area contributed by atoms with E-state index in [1.165, 1.54) is 29.2 Å². The van der Waals surface area contributed by atoms with Crippen molar-refractivity contribution in [1.29, 1.82) is 0 Å². The predicted octanol–water partition coefficient (Wildman–Crippen LogP) is 1.84. The first-order valence-electron chi connectivity index (χ1n) is 5.92. The first kappa shape index (κ1) is 16.0. The molecule has 0 aliphatic carbocycles. The molecule has 0 bridgehead atoms. The van der Waals surface area contributed by atoms with Crippen molar-refractivity contribution in [2.24, 2.45) is 0 Å². The summed E-state index contributed by atoms with van der Waals surface area (Å²) in [5.74, 6) is 2.45. The minimum absolute atomic E-state index is 0. The Morgan fingerprint density at radius 3 is 2.94 bits per heavy atom. The number of halogens is 1. The van der Waals surface area contributed by atoms with E-state index in [2.05, 4.69) is 9.88 Å². The van der Waals surface area contributed by atoms with E-state index in [-0.39, 0.29) is 19.0 Å². The summed E-state index contributed by atoms with van der Waals surface area (Å²) in [6.07, 6.45) is 4.36. The molecule has 1 aliphatic heterocycles. The van der Waals surface area contributed by atoms with Gasteiger partial charge in [0.2, 0.25) is 0 Å². The van der Waals surface area contributed by atoms with E-state index in [4.69, 9.17) is 10.8 Å². The molecule has 1 atom stereocenters. The molecule has 0 saturated carbocycles. The van der Waals surface area contributed by atoms with Gasteiger partial charge in [-0.05, 0) is 18.6 Å². The summed E-state index contributed by atoms with van der Waals surface area (Å²) in [5, 5.41) is 9.79. The molecule has 3 N–H and O–H groups in total. The lowest BCUT2D eigenvalue weighted by Crippen LogP contribution is -2.40. The molecule has 0 radical (unpaired) electrons. The van der Waals surface area contributed by atoms with E-state index in [1.807, 2.05) is 18.0 Å². The zero-order chi connectivity index (χ0) is 12.1. The van der Waals surface area contributed by atoms with Gasteiger partial charge in [-0.25, -0.2) is 4.98 Å². The highest BCUT2D eigenvalue weighted by Gasteiger charge is 2.21. The fourth-order valence-corrected chi connectivity index (χ4v) is 4.02. The molecule has 7 heteroatoms. The van der Waals surface area contributed by atoms with E-state index in [1.54, 1.807) is 11.3 Å². The second-order valence-corrected chi connectivity index (χ2v) is 6.53.